The highest BCUT2D eigenvalue weighted by atomic mass is 16.3. The average molecular weight is 297 g/mol. The smallest absolute Gasteiger partial charge is 0.321 e. The number of hydrogen-bond donors (Lipinski definition) is 2. The van der Waals surface area contributed by atoms with E-state index in [1.165, 1.54) is 0 Å². The number of hydrogen-bond acceptors (Lipinski definition) is 3. The normalized spacial score (nSPS) is 14.7. The van der Waals surface area contributed by atoms with Gasteiger partial charge in [-0.05, 0) is 24.3 Å². The van der Waals surface area contributed by atoms with Crippen LogP contribution in [-0.4, -0.2) is 42.2 Å². The summed E-state index contributed by atoms with van der Waals surface area (Å²) < 4.78 is 0. The van der Waals surface area contributed by atoms with E-state index in [9.17, 15) is 9.90 Å². The molecule has 1 aliphatic heterocycles. The lowest BCUT2D eigenvalue weighted by Crippen LogP contribution is -2.50. The Morgan fingerprint density at radius 3 is 2.23 bits per heavy atom. The molecule has 5 heteroatoms. The third kappa shape index (κ3) is 3.14. The zero-order valence-electron chi connectivity index (χ0n) is 12.3. The van der Waals surface area contributed by atoms with Gasteiger partial charge in [0.2, 0.25) is 0 Å². The van der Waals surface area contributed by atoms with Gasteiger partial charge < -0.3 is 20.2 Å². The summed E-state index contributed by atoms with van der Waals surface area (Å²) in [5.74, 6) is 0.282. The van der Waals surface area contributed by atoms with Gasteiger partial charge in [0, 0.05) is 31.9 Å². The van der Waals surface area contributed by atoms with Gasteiger partial charge in [0.25, 0.3) is 0 Å². The fourth-order valence-electron chi connectivity index (χ4n) is 2.61. The Morgan fingerprint density at radius 1 is 0.909 bits per heavy atom. The molecule has 1 fully saturated rings. The first-order valence-electron chi connectivity index (χ1n) is 7.38. The van der Waals surface area contributed by atoms with Crippen molar-refractivity contribution in [2.75, 3.05) is 36.4 Å². The zero-order chi connectivity index (χ0) is 15.4. The summed E-state index contributed by atoms with van der Waals surface area (Å²) in [6.45, 7) is 2.68. The van der Waals surface area contributed by atoms with Crippen molar-refractivity contribution in [3.8, 4) is 5.75 Å². The number of phenols is 1. The number of nitrogens with zero attached hydrogens (tertiary/aromatic N) is 2. The standard InChI is InChI=1S/C17H19N3O2/c21-16-9-5-4-8-15(16)19-10-12-20(13-11-19)17(22)18-14-6-2-1-3-7-14/h1-9,21H,10-13H2,(H,18,22). The number of carbonyl (C=O) groups excluding carboxylic acids is 1. The number of aromatic hydroxyl groups is 1. The molecule has 0 aliphatic carbocycles. The summed E-state index contributed by atoms with van der Waals surface area (Å²) >= 11 is 0. The molecule has 5 nitrogen and oxygen atoms in total. The number of anilines is 2. The van der Waals surface area contributed by atoms with E-state index in [1.807, 2.05) is 48.5 Å². The number of phenolic OH excluding ortho intramolecular Hbond substituents is 1. The topological polar surface area (TPSA) is 55.8 Å². The number of para-hydroxylation sites is 3. The summed E-state index contributed by atoms with van der Waals surface area (Å²) in [7, 11) is 0. The molecule has 2 N–H and O–H groups in total. The van der Waals surface area contributed by atoms with Crippen LogP contribution in [0.15, 0.2) is 54.6 Å². The molecule has 2 amide bonds. The van der Waals surface area contributed by atoms with Crippen LogP contribution in [0.4, 0.5) is 16.2 Å². The van der Waals surface area contributed by atoms with E-state index in [4.69, 9.17) is 0 Å². The molecule has 2 aromatic carbocycles. The van der Waals surface area contributed by atoms with Crippen molar-refractivity contribution in [2.24, 2.45) is 0 Å². The molecule has 114 valence electrons. The first kappa shape index (κ1) is 14.3. The lowest BCUT2D eigenvalue weighted by molar-refractivity contribution is 0.208. The van der Waals surface area contributed by atoms with Crippen molar-refractivity contribution in [1.82, 2.24) is 4.90 Å². The van der Waals surface area contributed by atoms with Crippen LogP contribution in [0.2, 0.25) is 0 Å². The van der Waals surface area contributed by atoms with Crippen molar-refractivity contribution >= 4 is 17.4 Å². The number of piperazine rings is 1. The van der Waals surface area contributed by atoms with E-state index in [-0.39, 0.29) is 11.8 Å². The van der Waals surface area contributed by atoms with Crippen LogP contribution >= 0.6 is 0 Å². The van der Waals surface area contributed by atoms with Gasteiger partial charge in [-0.15, -0.1) is 0 Å². The summed E-state index contributed by atoms with van der Waals surface area (Å²) in [5, 5.41) is 12.8. The highest BCUT2D eigenvalue weighted by molar-refractivity contribution is 5.89. The Bertz CT molecular complexity index is 637. The maximum atomic E-state index is 12.2. The second-order valence-electron chi connectivity index (χ2n) is 5.26. The van der Waals surface area contributed by atoms with E-state index in [2.05, 4.69) is 10.2 Å². The van der Waals surface area contributed by atoms with Crippen LogP contribution in [0.3, 0.4) is 0 Å². The van der Waals surface area contributed by atoms with Crippen LogP contribution in [0, 0.1) is 0 Å². The minimum atomic E-state index is -0.0804. The predicted octanol–water partition coefficient (Wildman–Crippen LogP) is 2.75. The first-order valence-corrected chi connectivity index (χ1v) is 7.38. The van der Waals surface area contributed by atoms with E-state index < -0.39 is 0 Å². The minimum absolute atomic E-state index is 0.0804. The Labute approximate surface area is 129 Å². The molecule has 2 aromatic rings. The van der Waals surface area contributed by atoms with Gasteiger partial charge >= 0.3 is 6.03 Å². The van der Waals surface area contributed by atoms with Crippen LogP contribution in [0.1, 0.15) is 0 Å². The maximum Gasteiger partial charge on any atom is 0.321 e. The predicted molar refractivity (Wildman–Crippen MR) is 87.4 cm³/mol. The van der Waals surface area contributed by atoms with Gasteiger partial charge in [-0.1, -0.05) is 30.3 Å². The number of rotatable bonds is 2. The molecule has 0 unspecified atom stereocenters. The highest BCUT2D eigenvalue weighted by Crippen LogP contribution is 2.27. The van der Waals surface area contributed by atoms with Crippen LogP contribution in [-0.2, 0) is 0 Å². The Kier molecular flexibility index (Phi) is 4.14. The van der Waals surface area contributed by atoms with Crippen molar-refractivity contribution in [1.29, 1.82) is 0 Å². The molecular weight excluding hydrogens is 278 g/mol. The van der Waals surface area contributed by atoms with Gasteiger partial charge in [-0.2, -0.15) is 0 Å². The molecule has 0 bridgehead atoms. The lowest BCUT2D eigenvalue weighted by Gasteiger charge is -2.36. The number of amides is 2. The number of nitrogens with one attached hydrogen (secondary N) is 1. The second-order valence-corrected chi connectivity index (χ2v) is 5.26. The van der Waals surface area contributed by atoms with Crippen LogP contribution in [0.5, 0.6) is 5.75 Å². The molecule has 0 spiro atoms. The molecule has 22 heavy (non-hydrogen) atoms. The van der Waals surface area contributed by atoms with Gasteiger partial charge in [0.05, 0.1) is 5.69 Å². The Morgan fingerprint density at radius 2 is 1.55 bits per heavy atom. The largest absolute Gasteiger partial charge is 0.506 e. The third-order valence-corrected chi connectivity index (χ3v) is 3.81. The van der Waals surface area contributed by atoms with Crippen molar-refractivity contribution < 1.29 is 9.90 Å². The molecule has 0 atom stereocenters. The quantitative estimate of drug-likeness (QED) is 0.896. The van der Waals surface area contributed by atoms with E-state index >= 15 is 0 Å². The lowest BCUT2D eigenvalue weighted by atomic mass is 10.2. The monoisotopic (exact) mass is 297 g/mol. The molecular formula is C17H19N3O2. The van der Waals surface area contributed by atoms with Gasteiger partial charge in [0.15, 0.2) is 0 Å². The molecule has 0 saturated carbocycles. The molecule has 1 saturated heterocycles. The maximum absolute atomic E-state index is 12.2. The van der Waals surface area contributed by atoms with E-state index in [0.717, 1.165) is 11.4 Å². The van der Waals surface area contributed by atoms with Gasteiger partial charge in [0.1, 0.15) is 5.75 Å². The molecule has 1 aliphatic rings. The second kappa shape index (κ2) is 6.39. The molecule has 3 rings (SSSR count). The fraction of sp³-hybridized carbons (Fsp3) is 0.235. The fourth-order valence-corrected chi connectivity index (χ4v) is 2.61. The average Bonchev–Trinajstić information content (AvgIpc) is 2.56. The molecule has 0 radical (unpaired) electrons. The van der Waals surface area contributed by atoms with Crippen molar-refractivity contribution in [3.05, 3.63) is 54.6 Å². The number of carbonyl (C=O) groups is 1. The Balaban J connectivity index is 1.58. The SMILES string of the molecule is O=C(Nc1ccccc1)N1CCN(c2ccccc2O)CC1. The number of benzene rings is 2. The summed E-state index contributed by atoms with van der Waals surface area (Å²) in [6.07, 6.45) is 0. The summed E-state index contributed by atoms with van der Waals surface area (Å²) in [4.78, 5) is 16.1. The van der Waals surface area contributed by atoms with E-state index in [1.54, 1.807) is 11.0 Å². The number of urea groups is 1. The van der Waals surface area contributed by atoms with Gasteiger partial charge in [-0.3, -0.25) is 0 Å². The summed E-state index contributed by atoms with van der Waals surface area (Å²) in [5.41, 5.74) is 1.63. The Hall–Kier alpha value is -2.69. The first-order chi connectivity index (χ1) is 10.7. The molecule has 1 heterocycles. The van der Waals surface area contributed by atoms with Crippen molar-refractivity contribution in [2.45, 2.75) is 0 Å². The highest BCUT2D eigenvalue weighted by Gasteiger charge is 2.22. The summed E-state index contributed by atoms with van der Waals surface area (Å²) in [6, 6.07) is 16.7. The molecule has 0 aromatic heterocycles. The van der Waals surface area contributed by atoms with E-state index in [0.29, 0.717) is 26.2 Å². The van der Waals surface area contributed by atoms with Crippen LogP contribution in [0.25, 0.3) is 0 Å². The minimum Gasteiger partial charge on any atom is -0.506 e. The zero-order valence-corrected chi connectivity index (χ0v) is 12.3. The third-order valence-electron chi connectivity index (χ3n) is 3.81. The van der Waals surface area contributed by atoms with Gasteiger partial charge in [-0.25, -0.2) is 4.79 Å². The van der Waals surface area contributed by atoms with Crippen LogP contribution < -0.4 is 10.2 Å². The van der Waals surface area contributed by atoms with Crippen molar-refractivity contribution in [3.63, 3.8) is 0 Å².